The normalized spacial score (nSPS) is 10.3. The predicted octanol–water partition coefficient (Wildman–Crippen LogP) is 2.80. The Kier molecular flexibility index (Phi) is 4.33. The highest BCUT2D eigenvalue weighted by atomic mass is 16.2. The van der Waals surface area contributed by atoms with E-state index in [0.717, 1.165) is 16.7 Å². The quantitative estimate of drug-likeness (QED) is 0.778. The van der Waals surface area contributed by atoms with Crippen molar-refractivity contribution < 1.29 is 4.79 Å². The molecule has 0 atom stereocenters. The highest BCUT2D eigenvalue weighted by Gasteiger charge is 2.08. The van der Waals surface area contributed by atoms with Gasteiger partial charge < -0.3 is 10.6 Å². The smallest absolute Gasteiger partial charge is 0.319 e. The van der Waals surface area contributed by atoms with Gasteiger partial charge in [-0.2, -0.15) is 5.10 Å². The number of aryl methyl sites for hydroxylation is 1. The van der Waals surface area contributed by atoms with E-state index in [1.807, 2.05) is 43.7 Å². The van der Waals surface area contributed by atoms with Gasteiger partial charge in [-0.3, -0.25) is 9.67 Å². The molecule has 23 heavy (non-hydrogen) atoms. The fourth-order valence-electron chi connectivity index (χ4n) is 2.30. The molecule has 0 fully saturated rings. The first-order valence-corrected chi connectivity index (χ1v) is 7.24. The maximum absolute atomic E-state index is 12.0. The minimum Gasteiger partial charge on any atom is -0.334 e. The van der Waals surface area contributed by atoms with Gasteiger partial charge >= 0.3 is 6.03 Å². The molecule has 3 aromatic rings. The largest absolute Gasteiger partial charge is 0.334 e. The Morgan fingerprint density at radius 2 is 2.04 bits per heavy atom. The minimum atomic E-state index is -0.265. The number of aromatic nitrogens is 3. The van der Waals surface area contributed by atoms with Crippen LogP contribution >= 0.6 is 0 Å². The van der Waals surface area contributed by atoms with Gasteiger partial charge in [-0.1, -0.05) is 24.3 Å². The molecular weight excluding hydrogens is 290 g/mol. The number of hydrogen-bond acceptors (Lipinski definition) is 3. The standard InChI is InChI=1S/C17H17N5O/c1-22-12-14(10-20-22)16-7-3-2-5-13(16)9-19-17(23)21-15-6-4-8-18-11-15/h2-8,10-12H,9H2,1H3,(H2,19,21,23). The number of nitrogens with one attached hydrogen (secondary N) is 2. The lowest BCUT2D eigenvalue weighted by Gasteiger charge is -2.10. The average Bonchev–Trinajstić information content (AvgIpc) is 3.00. The molecule has 0 aliphatic heterocycles. The van der Waals surface area contributed by atoms with E-state index in [9.17, 15) is 4.79 Å². The van der Waals surface area contributed by atoms with Crippen molar-refractivity contribution in [2.45, 2.75) is 6.54 Å². The van der Waals surface area contributed by atoms with Crippen LogP contribution in [0.4, 0.5) is 10.5 Å². The van der Waals surface area contributed by atoms with Crippen LogP contribution < -0.4 is 10.6 Å². The van der Waals surface area contributed by atoms with Crippen molar-refractivity contribution in [2.24, 2.45) is 7.05 Å². The number of carbonyl (C=O) groups is 1. The van der Waals surface area contributed by atoms with Gasteiger partial charge in [0.05, 0.1) is 18.1 Å². The van der Waals surface area contributed by atoms with E-state index >= 15 is 0 Å². The molecule has 0 saturated heterocycles. The van der Waals surface area contributed by atoms with Crippen LogP contribution in [-0.2, 0) is 13.6 Å². The van der Waals surface area contributed by atoms with Crippen molar-refractivity contribution in [1.82, 2.24) is 20.1 Å². The maximum atomic E-state index is 12.0. The third-order valence-corrected chi connectivity index (χ3v) is 3.39. The SMILES string of the molecule is Cn1cc(-c2ccccc2CNC(=O)Nc2cccnc2)cn1. The third kappa shape index (κ3) is 3.74. The Bertz CT molecular complexity index is 798. The zero-order chi connectivity index (χ0) is 16.1. The van der Waals surface area contributed by atoms with Crippen molar-refractivity contribution in [3.63, 3.8) is 0 Å². The molecule has 0 aliphatic carbocycles. The van der Waals surface area contributed by atoms with Crippen LogP contribution in [0, 0.1) is 0 Å². The van der Waals surface area contributed by atoms with Crippen molar-refractivity contribution in [3.8, 4) is 11.1 Å². The fourth-order valence-corrected chi connectivity index (χ4v) is 2.30. The van der Waals surface area contributed by atoms with Gasteiger partial charge in [0.25, 0.3) is 0 Å². The maximum Gasteiger partial charge on any atom is 0.319 e. The Balaban J connectivity index is 1.68. The fraction of sp³-hybridized carbons (Fsp3) is 0.118. The lowest BCUT2D eigenvalue weighted by Crippen LogP contribution is -2.28. The number of amides is 2. The number of hydrogen-bond donors (Lipinski definition) is 2. The van der Waals surface area contributed by atoms with Gasteiger partial charge in [-0.25, -0.2) is 4.79 Å². The van der Waals surface area contributed by atoms with Gasteiger partial charge in [0.2, 0.25) is 0 Å². The molecule has 2 heterocycles. The zero-order valence-corrected chi connectivity index (χ0v) is 12.7. The highest BCUT2D eigenvalue weighted by molar-refractivity contribution is 5.89. The van der Waals surface area contributed by atoms with Gasteiger partial charge in [0, 0.05) is 31.5 Å². The summed E-state index contributed by atoms with van der Waals surface area (Å²) in [5.74, 6) is 0. The Morgan fingerprint density at radius 3 is 2.78 bits per heavy atom. The number of rotatable bonds is 4. The van der Waals surface area contributed by atoms with Crippen LogP contribution in [0.5, 0.6) is 0 Å². The van der Waals surface area contributed by atoms with E-state index in [0.29, 0.717) is 12.2 Å². The Hall–Kier alpha value is -3.15. The molecule has 1 aromatic carbocycles. The van der Waals surface area contributed by atoms with E-state index < -0.39 is 0 Å². The molecule has 0 saturated carbocycles. The first-order valence-electron chi connectivity index (χ1n) is 7.24. The van der Waals surface area contributed by atoms with Crippen molar-refractivity contribution in [2.75, 3.05) is 5.32 Å². The summed E-state index contributed by atoms with van der Waals surface area (Å²) in [5.41, 5.74) is 3.77. The third-order valence-electron chi connectivity index (χ3n) is 3.39. The molecular formula is C17H17N5O. The number of pyridine rings is 1. The van der Waals surface area contributed by atoms with E-state index in [-0.39, 0.29) is 6.03 Å². The van der Waals surface area contributed by atoms with E-state index in [2.05, 4.69) is 20.7 Å². The summed E-state index contributed by atoms with van der Waals surface area (Å²) in [7, 11) is 1.88. The van der Waals surface area contributed by atoms with Crippen molar-refractivity contribution in [3.05, 3.63) is 66.7 Å². The molecule has 0 bridgehead atoms. The summed E-state index contributed by atoms with van der Waals surface area (Å²) >= 11 is 0. The van der Waals surface area contributed by atoms with Crippen LogP contribution in [-0.4, -0.2) is 20.8 Å². The van der Waals surface area contributed by atoms with Crippen LogP contribution in [0.1, 0.15) is 5.56 Å². The predicted molar refractivity (Wildman–Crippen MR) is 88.7 cm³/mol. The van der Waals surface area contributed by atoms with Crippen LogP contribution in [0.2, 0.25) is 0 Å². The number of anilines is 1. The molecule has 116 valence electrons. The highest BCUT2D eigenvalue weighted by Crippen LogP contribution is 2.22. The van der Waals surface area contributed by atoms with Crippen LogP contribution in [0.3, 0.4) is 0 Å². The van der Waals surface area contributed by atoms with Crippen molar-refractivity contribution in [1.29, 1.82) is 0 Å². The summed E-state index contributed by atoms with van der Waals surface area (Å²) in [4.78, 5) is 15.9. The number of urea groups is 1. The molecule has 2 amide bonds. The molecule has 3 rings (SSSR count). The molecule has 2 aromatic heterocycles. The molecule has 0 unspecified atom stereocenters. The minimum absolute atomic E-state index is 0.265. The second kappa shape index (κ2) is 6.74. The summed E-state index contributed by atoms with van der Waals surface area (Å²) in [6.45, 7) is 0.428. The molecule has 2 N–H and O–H groups in total. The Labute approximate surface area is 134 Å². The van der Waals surface area contributed by atoms with Gasteiger partial charge in [0.1, 0.15) is 0 Å². The molecule has 6 nitrogen and oxygen atoms in total. The molecule has 0 radical (unpaired) electrons. The first-order chi connectivity index (χ1) is 11.2. The second-order valence-corrected chi connectivity index (χ2v) is 5.11. The number of benzene rings is 1. The second-order valence-electron chi connectivity index (χ2n) is 5.11. The van der Waals surface area contributed by atoms with Crippen LogP contribution in [0.15, 0.2) is 61.2 Å². The van der Waals surface area contributed by atoms with Crippen LogP contribution in [0.25, 0.3) is 11.1 Å². The van der Waals surface area contributed by atoms with Crippen molar-refractivity contribution >= 4 is 11.7 Å². The van der Waals surface area contributed by atoms with E-state index in [1.165, 1.54) is 0 Å². The average molecular weight is 307 g/mol. The van der Waals surface area contributed by atoms with Gasteiger partial charge in [-0.05, 0) is 23.3 Å². The monoisotopic (exact) mass is 307 g/mol. The molecule has 0 spiro atoms. The Morgan fingerprint density at radius 1 is 1.17 bits per heavy atom. The topological polar surface area (TPSA) is 71.8 Å². The summed E-state index contributed by atoms with van der Waals surface area (Å²) in [6.07, 6.45) is 7.03. The summed E-state index contributed by atoms with van der Waals surface area (Å²) in [5, 5.41) is 9.80. The van der Waals surface area contributed by atoms with E-state index in [1.54, 1.807) is 29.2 Å². The number of carbonyl (C=O) groups excluding carboxylic acids is 1. The lowest BCUT2D eigenvalue weighted by molar-refractivity contribution is 0.252. The lowest BCUT2D eigenvalue weighted by atomic mass is 10.0. The molecule has 0 aliphatic rings. The number of nitrogens with zero attached hydrogens (tertiary/aromatic N) is 3. The van der Waals surface area contributed by atoms with Gasteiger partial charge in [-0.15, -0.1) is 0 Å². The van der Waals surface area contributed by atoms with E-state index in [4.69, 9.17) is 0 Å². The first kappa shape index (κ1) is 14.8. The summed E-state index contributed by atoms with van der Waals surface area (Å²) < 4.78 is 1.76. The van der Waals surface area contributed by atoms with Gasteiger partial charge in [0.15, 0.2) is 0 Å². The molecule has 6 heteroatoms. The summed E-state index contributed by atoms with van der Waals surface area (Å²) in [6, 6.07) is 11.2. The zero-order valence-electron chi connectivity index (χ0n) is 12.7.